The highest BCUT2D eigenvalue weighted by molar-refractivity contribution is 14.0. The minimum atomic E-state index is -2.90. The van der Waals surface area contributed by atoms with Crippen molar-refractivity contribution in [1.82, 2.24) is 19.8 Å². The van der Waals surface area contributed by atoms with E-state index in [1.54, 1.807) is 19.1 Å². The van der Waals surface area contributed by atoms with E-state index in [1.807, 2.05) is 25.6 Å². The fourth-order valence-corrected chi connectivity index (χ4v) is 3.80. The monoisotopic (exact) mass is 563 g/mol. The molecule has 178 valence electrons. The summed E-state index contributed by atoms with van der Waals surface area (Å²) in [5, 5.41) is 3.38. The summed E-state index contributed by atoms with van der Waals surface area (Å²) in [4.78, 5) is 11.3. The molecule has 1 aliphatic heterocycles. The van der Waals surface area contributed by atoms with Crippen molar-refractivity contribution in [2.75, 3.05) is 26.2 Å². The van der Waals surface area contributed by atoms with E-state index >= 15 is 0 Å². The third-order valence-corrected chi connectivity index (χ3v) is 5.40. The standard InChI is InChI=1S/C22H31F2N5O2.HI/c1-4-26-22(28-10-8-16(3)18(14-28)29-11-9-25-15-29)27-13-17-6-7-19(31-21(23)24)20(12-17)30-5-2;/h6-7,9,11-12,15-16,18,21H,4-5,8,10,13-14H2,1-3H3,(H,26,27);1H. The lowest BCUT2D eigenvalue weighted by Gasteiger charge is -2.39. The second kappa shape index (κ2) is 12.8. The van der Waals surface area contributed by atoms with E-state index in [0.29, 0.717) is 30.9 Å². The number of ether oxygens (including phenoxy) is 2. The molecule has 0 spiro atoms. The van der Waals surface area contributed by atoms with E-state index in [4.69, 9.17) is 9.73 Å². The van der Waals surface area contributed by atoms with Crippen LogP contribution in [0.5, 0.6) is 11.5 Å². The molecule has 0 bridgehead atoms. The van der Waals surface area contributed by atoms with E-state index in [1.165, 1.54) is 6.07 Å². The number of nitrogens with zero attached hydrogens (tertiary/aromatic N) is 4. The quantitative estimate of drug-likeness (QED) is 0.290. The average molecular weight is 563 g/mol. The van der Waals surface area contributed by atoms with Crippen molar-refractivity contribution in [2.24, 2.45) is 10.9 Å². The molecule has 1 fully saturated rings. The molecule has 0 radical (unpaired) electrons. The number of benzene rings is 1. The lowest BCUT2D eigenvalue weighted by atomic mass is 9.93. The number of imidazole rings is 1. The molecule has 7 nitrogen and oxygen atoms in total. The molecule has 1 N–H and O–H groups in total. The molecular weight excluding hydrogens is 531 g/mol. The third kappa shape index (κ3) is 6.94. The molecule has 1 aliphatic rings. The molecule has 1 saturated heterocycles. The van der Waals surface area contributed by atoms with Gasteiger partial charge in [-0.25, -0.2) is 9.98 Å². The van der Waals surface area contributed by atoms with Gasteiger partial charge in [0, 0.05) is 32.0 Å². The molecule has 0 aliphatic carbocycles. The van der Waals surface area contributed by atoms with Gasteiger partial charge in [-0.3, -0.25) is 0 Å². The van der Waals surface area contributed by atoms with Gasteiger partial charge in [-0.15, -0.1) is 24.0 Å². The number of likely N-dealkylation sites (tertiary alicyclic amines) is 1. The molecule has 0 saturated carbocycles. The lowest BCUT2D eigenvalue weighted by Crippen LogP contribution is -2.49. The Kier molecular flexibility index (Phi) is 10.5. The molecule has 1 aromatic heterocycles. The normalized spacial score (nSPS) is 18.9. The SMILES string of the molecule is CCNC(=NCc1ccc(OC(F)F)c(OCC)c1)N1CCC(C)C(n2ccnc2)C1.I. The Bertz CT molecular complexity index is 851. The summed E-state index contributed by atoms with van der Waals surface area (Å²) in [5.41, 5.74) is 0.858. The Morgan fingerprint density at radius 2 is 2.12 bits per heavy atom. The zero-order chi connectivity index (χ0) is 22.2. The van der Waals surface area contributed by atoms with Gasteiger partial charge in [0.25, 0.3) is 0 Å². The first-order valence-electron chi connectivity index (χ1n) is 10.7. The van der Waals surface area contributed by atoms with Crippen LogP contribution in [-0.2, 0) is 6.54 Å². The minimum Gasteiger partial charge on any atom is -0.490 e. The summed E-state index contributed by atoms with van der Waals surface area (Å²) in [7, 11) is 0. The smallest absolute Gasteiger partial charge is 0.387 e. The van der Waals surface area contributed by atoms with Crippen LogP contribution in [0.2, 0.25) is 0 Å². The molecule has 2 atom stereocenters. The molecular formula is C22H32F2IN5O2. The number of piperidine rings is 1. The molecule has 3 rings (SSSR count). The topological polar surface area (TPSA) is 63.9 Å². The summed E-state index contributed by atoms with van der Waals surface area (Å²) >= 11 is 0. The van der Waals surface area contributed by atoms with Crippen molar-refractivity contribution >= 4 is 29.9 Å². The van der Waals surface area contributed by atoms with Gasteiger partial charge in [0.2, 0.25) is 0 Å². The van der Waals surface area contributed by atoms with Crippen LogP contribution in [0.4, 0.5) is 8.78 Å². The van der Waals surface area contributed by atoms with E-state index < -0.39 is 6.61 Å². The first-order valence-corrected chi connectivity index (χ1v) is 10.7. The van der Waals surface area contributed by atoms with Crippen molar-refractivity contribution in [3.63, 3.8) is 0 Å². The maximum Gasteiger partial charge on any atom is 0.387 e. The largest absolute Gasteiger partial charge is 0.490 e. The Morgan fingerprint density at radius 3 is 2.78 bits per heavy atom. The summed E-state index contributed by atoms with van der Waals surface area (Å²) in [6.07, 6.45) is 6.74. The van der Waals surface area contributed by atoms with Gasteiger partial charge < -0.3 is 24.3 Å². The van der Waals surface area contributed by atoms with Crippen LogP contribution >= 0.6 is 24.0 Å². The third-order valence-electron chi connectivity index (χ3n) is 5.40. The van der Waals surface area contributed by atoms with Gasteiger partial charge in [-0.2, -0.15) is 8.78 Å². The van der Waals surface area contributed by atoms with E-state index in [-0.39, 0.29) is 29.7 Å². The van der Waals surface area contributed by atoms with Crippen LogP contribution in [0.15, 0.2) is 41.9 Å². The predicted molar refractivity (Wildman–Crippen MR) is 131 cm³/mol. The van der Waals surface area contributed by atoms with Crippen molar-refractivity contribution in [3.05, 3.63) is 42.5 Å². The van der Waals surface area contributed by atoms with E-state index in [0.717, 1.165) is 37.6 Å². The van der Waals surface area contributed by atoms with Gasteiger partial charge in [0.15, 0.2) is 17.5 Å². The van der Waals surface area contributed by atoms with Crippen LogP contribution in [-0.4, -0.2) is 53.3 Å². The maximum atomic E-state index is 12.6. The fraction of sp³-hybridized carbons (Fsp3) is 0.545. The molecule has 10 heteroatoms. The number of rotatable bonds is 8. The number of alkyl halides is 2. The van der Waals surface area contributed by atoms with Crippen molar-refractivity contribution < 1.29 is 18.3 Å². The second-order valence-electron chi connectivity index (χ2n) is 7.55. The highest BCUT2D eigenvalue weighted by Crippen LogP contribution is 2.30. The summed E-state index contributed by atoms with van der Waals surface area (Å²) in [6.45, 7) is 6.49. The summed E-state index contributed by atoms with van der Waals surface area (Å²) < 4.78 is 37.4. The van der Waals surface area contributed by atoms with Crippen LogP contribution in [0.25, 0.3) is 0 Å². The van der Waals surface area contributed by atoms with Crippen LogP contribution in [0, 0.1) is 5.92 Å². The Balaban J connectivity index is 0.00000363. The van der Waals surface area contributed by atoms with Gasteiger partial charge in [-0.1, -0.05) is 13.0 Å². The molecule has 2 aromatic rings. The Labute approximate surface area is 205 Å². The zero-order valence-electron chi connectivity index (χ0n) is 18.7. The van der Waals surface area contributed by atoms with Crippen molar-refractivity contribution in [1.29, 1.82) is 0 Å². The number of halogens is 3. The number of nitrogens with one attached hydrogen (secondary N) is 1. The number of hydrogen-bond acceptors (Lipinski definition) is 4. The fourth-order valence-electron chi connectivity index (χ4n) is 3.80. The minimum absolute atomic E-state index is 0. The number of aromatic nitrogens is 2. The molecule has 0 amide bonds. The summed E-state index contributed by atoms with van der Waals surface area (Å²) in [6, 6.07) is 5.28. The van der Waals surface area contributed by atoms with Gasteiger partial charge >= 0.3 is 6.61 Å². The maximum absolute atomic E-state index is 12.6. The first-order chi connectivity index (χ1) is 15.0. The first kappa shape index (κ1) is 26.1. The van der Waals surface area contributed by atoms with Crippen LogP contribution in [0.1, 0.15) is 38.8 Å². The van der Waals surface area contributed by atoms with Crippen LogP contribution in [0.3, 0.4) is 0 Å². The Morgan fingerprint density at radius 1 is 1.31 bits per heavy atom. The van der Waals surface area contributed by atoms with E-state index in [9.17, 15) is 8.78 Å². The predicted octanol–water partition coefficient (Wildman–Crippen LogP) is 4.55. The molecule has 32 heavy (non-hydrogen) atoms. The van der Waals surface area contributed by atoms with Gasteiger partial charge in [0.05, 0.1) is 25.5 Å². The zero-order valence-corrected chi connectivity index (χ0v) is 21.0. The van der Waals surface area contributed by atoms with Crippen molar-refractivity contribution in [3.8, 4) is 11.5 Å². The van der Waals surface area contributed by atoms with Gasteiger partial charge in [0.1, 0.15) is 0 Å². The number of aliphatic imine (C=N–C) groups is 1. The molecule has 2 unspecified atom stereocenters. The van der Waals surface area contributed by atoms with Crippen LogP contribution < -0.4 is 14.8 Å². The summed E-state index contributed by atoms with van der Waals surface area (Å²) in [5.74, 6) is 1.71. The van der Waals surface area contributed by atoms with E-state index in [2.05, 4.69) is 31.4 Å². The average Bonchev–Trinajstić information content (AvgIpc) is 3.28. The number of guanidine groups is 1. The molecule has 1 aromatic carbocycles. The Hall–Kier alpha value is -2.11. The lowest BCUT2D eigenvalue weighted by molar-refractivity contribution is -0.0514. The highest BCUT2D eigenvalue weighted by Gasteiger charge is 2.28. The highest BCUT2D eigenvalue weighted by atomic mass is 127. The number of hydrogen-bond donors (Lipinski definition) is 1. The van der Waals surface area contributed by atoms with Crippen molar-refractivity contribution in [2.45, 2.75) is 46.4 Å². The van der Waals surface area contributed by atoms with Gasteiger partial charge in [-0.05, 0) is 43.9 Å². The molecule has 2 heterocycles. The second-order valence-corrected chi connectivity index (χ2v) is 7.55.